The lowest BCUT2D eigenvalue weighted by Gasteiger charge is -1.99. The summed E-state index contributed by atoms with van der Waals surface area (Å²) in [7, 11) is 3.17. The topological polar surface area (TPSA) is 52.6 Å². The molecule has 4 heteroatoms. The zero-order valence-corrected chi connectivity index (χ0v) is 13.6. The zero-order valence-electron chi connectivity index (χ0n) is 13.6. The Balaban J connectivity index is 1.96. The predicted molar refractivity (Wildman–Crippen MR) is 94.1 cm³/mol. The van der Waals surface area contributed by atoms with Gasteiger partial charge in [0.15, 0.2) is 0 Å². The molecule has 0 bridgehead atoms. The van der Waals surface area contributed by atoms with Gasteiger partial charge in [-0.25, -0.2) is 0 Å². The van der Waals surface area contributed by atoms with E-state index < -0.39 is 11.6 Å². The van der Waals surface area contributed by atoms with E-state index in [0.717, 1.165) is 22.6 Å². The standard InChI is InChI=1S/C20H18O4/c1-23-17-9-3-15(4-10-17)7-13-19(21)20(22)14-8-16-5-11-18(24-2)12-6-16/h3-14H,1-2H3/b13-7+,14-8+. The number of rotatable bonds is 7. The minimum atomic E-state index is -0.574. The number of hydrogen-bond acceptors (Lipinski definition) is 4. The molecule has 0 saturated heterocycles. The van der Waals surface area contributed by atoms with Gasteiger partial charge in [0.25, 0.3) is 0 Å². The van der Waals surface area contributed by atoms with Crippen LogP contribution >= 0.6 is 0 Å². The van der Waals surface area contributed by atoms with E-state index in [0.29, 0.717) is 0 Å². The lowest BCUT2D eigenvalue weighted by atomic mass is 10.1. The molecule has 24 heavy (non-hydrogen) atoms. The molecular weight excluding hydrogens is 304 g/mol. The maximum atomic E-state index is 11.8. The van der Waals surface area contributed by atoms with E-state index in [9.17, 15) is 9.59 Å². The second-order valence-corrected chi connectivity index (χ2v) is 4.94. The van der Waals surface area contributed by atoms with Crippen molar-refractivity contribution >= 4 is 23.7 Å². The quantitative estimate of drug-likeness (QED) is 0.578. The summed E-state index contributed by atoms with van der Waals surface area (Å²) in [5.41, 5.74) is 1.63. The summed E-state index contributed by atoms with van der Waals surface area (Å²) < 4.78 is 10.1. The first-order valence-corrected chi connectivity index (χ1v) is 7.35. The molecule has 122 valence electrons. The smallest absolute Gasteiger partial charge is 0.225 e. The Bertz CT molecular complexity index is 686. The Kier molecular flexibility index (Phi) is 6.08. The van der Waals surface area contributed by atoms with E-state index in [4.69, 9.17) is 9.47 Å². The fourth-order valence-corrected chi connectivity index (χ4v) is 1.94. The van der Waals surface area contributed by atoms with Crippen LogP contribution in [0.15, 0.2) is 60.7 Å². The highest BCUT2D eigenvalue weighted by molar-refractivity contribution is 6.46. The van der Waals surface area contributed by atoms with E-state index in [1.54, 1.807) is 74.9 Å². The third kappa shape index (κ3) is 4.95. The van der Waals surface area contributed by atoms with Gasteiger partial charge in [0, 0.05) is 0 Å². The summed E-state index contributed by atoms with van der Waals surface area (Å²) in [6.07, 6.45) is 5.73. The van der Waals surface area contributed by atoms with Crippen molar-refractivity contribution < 1.29 is 19.1 Å². The molecule has 0 spiro atoms. The monoisotopic (exact) mass is 322 g/mol. The Hall–Kier alpha value is -3.14. The van der Waals surface area contributed by atoms with Crippen LogP contribution in [0.5, 0.6) is 11.5 Å². The van der Waals surface area contributed by atoms with E-state index in [-0.39, 0.29) is 0 Å². The number of hydrogen-bond donors (Lipinski definition) is 0. The van der Waals surface area contributed by atoms with Gasteiger partial charge in [-0.2, -0.15) is 0 Å². The average molecular weight is 322 g/mol. The predicted octanol–water partition coefficient (Wildman–Crippen LogP) is 3.57. The number of methoxy groups -OCH3 is 2. The van der Waals surface area contributed by atoms with Gasteiger partial charge in [0.2, 0.25) is 11.6 Å². The van der Waals surface area contributed by atoms with E-state index >= 15 is 0 Å². The minimum absolute atomic E-state index is 0.574. The summed E-state index contributed by atoms with van der Waals surface area (Å²) in [5, 5.41) is 0. The van der Waals surface area contributed by atoms with Gasteiger partial charge in [-0.15, -0.1) is 0 Å². The van der Waals surface area contributed by atoms with Crippen LogP contribution in [-0.2, 0) is 9.59 Å². The normalized spacial score (nSPS) is 10.9. The van der Waals surface area contributed by atoms with E-state index in [1.165, 1.54) is 12.2 Å². The Morgan fingerprint density at radius 3 is 1.29 bits per heavy atom. The molecule has 0 aromatic heterocycles. The lowest BCUT2D eigenvalue weighted by molar-refractivity contribution is -0.130. The van der Waals surface area contributed by atoms with Crippen LogP contribution in [0.2, 0.25) is 0 Å². The Morgan fingerprint density at radius 2 is 1.00 bits per heavy atom. The van der Waals surface area contributed by atoms with Crippen molar-refractivity contribution in [3.8, 4) is 11.5 Å². The first kappa shape index (κ1) is 17.2. The first-order chi connectivity index (χ1) is 11.6. The second-order valence-electron chi connectivity index (χ2n) is 4.94. The zero-order chi connectivity index (χ0) is 17.4. The van der Waals surface area contributed by atoms with Crippen molar-refractivity contribution in [2.75, 3.05) is 14.2 Å². The maximum absolute atomic E-state index is 11.8. The molecule has 0 N–H and O–H groups in total. The highest BCUT2D eigenvalue weighted by Crippen LogP contribution is 2.13. The second kappa shape index (κ2) is 8.48. The van der Waals surface area contributed by atoms with Crippen LogP contribution in [0.1, 0.15) is 11.1 Å². The van der Waals surface area contributed by atoms with Crippen molar-refractivity contribution in [1.82, 2.24) is 0 Å². The van der Waals surface area contributed by atoms with Gasteiger partial charge in [0.1, 0.15) is 11.5 Å². The molecule has 4 nitrogen and oxygen atoms in total. The number of carbonyl (C=O) groups is 2. The van der Waals surface area contributed by atoms with Crippen molar-refractivity contribution in [3.63, 3.8) is 0 Å². The van der Waals surface area contributed by atoms with Crippen LogP contribution in [0.25, 0.3) is 12.2 Å². The van der Waals surface area contributed by atoms with Gasteiger partial charge in [-0.1, -0.05) is 36.4 Å². The first-order valence-electron chi connectivity index (χ1n) is 7.35. The summed E-state index contributed by atoms with van der Waals surface area (Å²) in [4.78, 5) is 23.7. The van der Waals surface area contributed by atoms with Crippen LogP contribution in [0, 0.1) is 0 Å². The Labute approximate surface area is 141 Å². The van der Waals surface area contributed by atoms with Crippen molar-refractivity contribution in [2.24, 2.45) is 0 Å². The summed E-state index contributed by atoms with van der Waals surface area (Å²) in [6.45, 7) is 0. The summed E-state index contributed by atoms with van der Waals surface area (Å²) >= 11 is 0. The van der Waals surface area contributed by atoms with Gasteiger partial charge in [-0.05, 0) is 47.5 Å². The molecule has 0 aliphatic carbocycles. The number of carbonyl (C=O) groups excluding carboxylic acids is 2. The van der Waals surface area contributed by atoms with Gasteiger partial charge in [-0.3, -0.25) is 9.59 Å². The van der Waals surface area contributed by atoms with Crippen molar-refractivity contribution in [1.29, 1.82) is 0 Å². The average Bonchev–Trinajstić information content (AvgIpc) is 2.64. The van der Waals surface area contributed by atoms with Crippen LogP contribution in [-0.4, -0.2) is 25.8 Å². The van der Waals surface area contributed by atoms with Crippen LogP contribution in [0.4, 0.5) is 0 Å². The molecule has 0 aliphatic heterocycles. The minimum Gasteiger partial charge on any atom is -0.497 e. The SMILES string of the molecule is COc1ccc(/C=C/C(=O)C(=O)/C=C/c2ccc(OC)cc2)cc1. The Morgan fingerprint density at radius 1 is 0.667 bits per heavy atom. The van der Waals surface area contributed by atoms with Gasteiger partial charge >= 0.3 is 0 Å². The fourth-order valence-electron chi connectivity index (χ4n) is 1.94. The molecule has 0 aliphatic rings. The largest absolute Gasteiger partial charge is 0.497 e. The molecule has 0 fully saturated rings. The fraction of sp³-hybridized carbons (Fsp3) is 0.100. The van der Waals surface area contributed by atoms with Crippen LogP contribution < -0.4 is 9.47 Å². The van der Waals surface area contributed by atoms with Gasteiger partial charge in [0.05, 0.1) is 14.2 Å². The van der Waals surface area contributed by atoms with Crippen molar-refractivity contribution in [2.45, 2.75) is 0 Å². The van der Waals surface area contributed by atoms with Crippen molar-refractivity contribution in [3.05, 3.63) is 71.8 Å². The molecule has 0 amide bonds. The molecule has 0 saturated carbocycles. The number of allylic oxidation sites excluding steroid dienone is 2. The summed E-state index contributed by atoms with van der Waals surface area (Å²) in [6, 6.07) is 14.4. The molecule has 0 heterocycles. The molecule has 2 rings (SSSR count). The highest BCUT2D eigenvalue weighted by atomic mass is 16.5. The number of ether oxygens (including phenoxy) is 2. The highest BCUT2D eigenvalue weighted by Gasteiger charge is 2.05. The molecule has 0 atom stereocenters. The molecule has 0 unspecified atom stereocenters. The molecule has 2 aromatic carbocycles. The lowest BCUT2D eigenvalue weighted by Crippen LogP contribution is -2.06. The number of ketones is 2. The van der Waals surface area contributed by atoms with E-state index in [1.807, 2.05) is 0 Å². The molecular formula is C20H18O4. The van der Waals surface area contributed by atoms with Crippen LogP contribution in [0.3, 0.4) is 0 Å². The summed E-state index contributed by atoms with van der Waals surface area (Å²) in [5.74, 6) is 0.320. The third-order valence-corrected chi connectivity index (χ3v) is 3.33. The molecule has 0 radical (unpaired) electrons. The maximum Gasteiger partial charge on any atom is 0.225 e. The molecule has 2 aromatic rings. The third-order valence-electron chi connectivity index (χ3n) is 3.33. The van der Waals surface area contributed by atoms with Gasteiger partial charge < -0.3 is 9.47 Å². The van der Waals surface area contributed by atoms with E-state index in [2.05, 4.69) is 0 Å². The number of benzene rings is 2.